The van der Waals surface area contributed by atoms with Crippen LogP contribution in [0.15, 0.2) is 17.5 Å². The van der Waals surface area contributed by atoms with Crippen molar-refractivity contribution in [2.45, 2.75) is 19.9 Å². The van der Waals surface area contributed by atoms with Gasteiger partial charge in [-0.05, 0) is 29.5 Å². The molecule has 0 unspecified atom stereocenters. The molecular weight excluding hydrogens is 286 g/mol. The highest BCUT2D eigenvalue weighted by atomic mass is 32.2. The molecule has 1 aromatic rings. The summed E-state index contributed by atoms with van der Waals surface area (Å²) in [5.41, 5.74) is 0.767. The molecule has 0 spiro atoms. The highest BCUT2D eigenvalue weighted by Gasteiger charge is 2.17. The maximum absolute atomic E-state index is 11.8. The van der Waals surface area contributed by atoms with E-state index in [1.165, 1.54) is 21.7 Å². The number of hydrogen-bond acceptors (Lipinski definition) is 4. The van der Waals surface area contributed by atoms with Crippen LogP contribution in [-0.2, 0) is 21.4 Å². The van der Waals surface area contributed by atoms with Crippen molar-refractivity contribution >= 4 is 33.4 Å². The van der Waals surface area contributed by atoms with Crippen molar-refractivity contribution in [3.63, 3.8) is 0 Å². The van der Waals surface area contributed by atoms with E-state index in [4.69, 9.17) is 5.11 Å². The summed E-state index contributed by atoms with van der Waals surface area (Å²) in [5.74, 6) is -0.865. The third-order valence-electron chi connectivity index (χ3n) is 2.41. The molecule has 0 aliphatic rings. The van der Waals surface area contributed by atoms with Gasteiger partial charge in [0.1, 0.15) is 0 Å². The Morgan fingerprint density at radius 2 is 2.21 bits per heavy atom. The van der Waals surface area contributed by atoms with Crippen LogP contribution in [-0.4, -0.2) is 36.6 Å². The molecule has 0 atom stereocenters. The molecule has 0 aliphatic carbocycles. The van der Waals surface area contributed by atoms with Crippen molar-refractivity contribution in [2.24, 2.45) is 0 Å². The largest absolute Gasteiger partial charge is 0.478 e. The predicted octanol–water partition coefficient (Wildman–Crippen LogP) is 2.02. The van der Waals surface area contributed by atoms with Gasteiger partial charge in [0.15, 0.2) is 0 Å². The summed E-state index contributed by atoms with van der Waals surface area (Å²) in [6.45, 7) is 2.14. The monoisotopic (exact) mass is 303 g/mol. The molecule has 0 fully saturated rings. The number of carboxylic acid groups (broad SMARTS) is 1. The van der Waals surface area contributed by atoms with Gasteiger partial charge in [-0.1, -0.05) is 6.92 Å². The second-order valence-electron chi connectivity index (χ2n) is 4.09. The fraction of sp³-hybridized carbons (Fsp3) is 0.417. The van der Waals surface area contributed by atoms with E-state index in [-0.39, 0.29) is 5.75 Å². The van der Waals surface area contributed by atoms with E-state index in [9.17, 15) is 13.2 Å². The van der Waals surface area contributed by atoms with E-state index in [2.05, 4.69) is 0 Å². The number of aliphatic carboxylic acids is 1. The highest BCUT2D eigenvalue weighted by molar-refractivity contribution is 7.89. The van der Waals surface area contributed by atoms with Crippen molar-refractivity contribution in [2.75, 3.05) is 12.8 Å². The first-order valence-corrected chi connectivity index (χ1v) is 8.26. The molecule has 0 aliphatic heterocycles. The highest BCUT2D eigenvalue weighted by Crippen LogP contribution is 2.19. The third kappa shape index (κ3) is 5.14. The van der Waals surface area contributed by atoms with Crippen LogP contribution in [0.3, 0.4) is 0 Å². The lowest BCUT2D eigenvalue weighted by atomic mass is 10.3. The number of carboxylic acids is 1. The minimum Gasteiger partial charge on any atom is -0.478 e. The molecule has 1 aromatic heterocycles. The first-order chi connectivity index (χ1) is 8.85. The number of thiophene rings is 1. The Morgan fingerprint density at radius 1 is 1.53 bits per heavy atom. The van der Waals surface area contributed by atoms with Gasteiger partial charge in [0.2, 0.25) is 10.0 Å². The zero-order valence-corrected chi connectivity index (χ0v) is 12.5. The smallest absolute Gasteiger partial charge is 0.328 e. The van der Waals surface area contributed by atoms with Gasteiger partial charge in [-0.25, -0.2) is 13.2 Å². The van der Waals surface area contributed by atoms with Gasteiger partial charge in [0.05, 0.1) is 5.75 Å². The van der Waals surface area contributed by atoms with Gasteiger partial charge >= 0.3 is 5.97 Å². The normalized spacial score (nSPS) is 12.4. The zero-order chi connectivity index (χ0) is 14.5. The van der Waals surface area contributed by atoms with Crippen molar-refractivity contribution < 1.29 is 18.3 Å². The quantitative estimate of drug-likeness (QED) is 0.782. The lowest BCUT2D eigenvalue weighted by Gasteiger charge is -2.15. The topological polar surface area (TPSA) is 74.7 Å². The van der Waals surface area contributed by atoms with E-state index in [1.54, 1.807) is 18.5 Å². The van der Waals surface area contributed by atoms with Crippen LogP contribution in [0.25, 0.3) is 6.08 Å². The minimum atomic E-state index is -3.20. The summed E-state index contributed by atoms with van der Waals surface area (Å²) in [5, 5.41) is 10.3. The van der Waals surface area contributed by atoms with Crippen molar-refractivity contribution in [3.05, 3.63) is 28.0 Å². The van der Waals surface area contributed by atoms with Gasteiger partial charge < -0.3 is 5.11 Å². The summed E-state index contributed by atoms with van der Waals surface area (Å²) in [4.78, 5) is 11.3. The van der Waals surface area contributed by atoms with Crippen LogP contribution in [0.2, 0.25) is 0 Å². The van der Waals surface area contributed by atoms with Gasteiger partial charge in [0, 0.05) is 24.5 Å². The second-order valence-corrected chi connectivity index (χ2v) is 7.28. The lowest BCUT2D eigenvalue weighted by molar-refractivity contribution is -0.131. The van der Waals surface area contributed by atoms with Crippen LogP contribution < -0.4 is 0 Å². The van der Waals surface area contributed by atoms with E-state index in [0.29, 0.717) is 13.0 Å². The number of nitrogens with zero attached hydrogens (tertiary/aromatic N) is 1. The molecule has 106 valence electrons. The van der Waals surface area contributed by atoms with E-state index in [1.807, 2.05) is 6.92 Å². The number of rotatable bonds is 7. The van der Waals surface area contributed by atoms with Crippen LogP contribution in [0.5, 0.6) is 0 Å². The van der Waals surface area contributed by atoms with Gasteiger partial charge in [-0.3, -0.25) is 0 Å². The molecule has 19 heavy (non-hydrogen) atoms. The zero-order valence-electron chi connectivity index (χ0n) is 10.9. The van der Waals surface area contributed by atoms with Crippen LogP contribution in [0.1, 0.15) is 23.8 Å². The number of sulfonamides is 1. The molecule has 1 heterocycles. The van der Waals surface area contributed by atoms with Crippen LogP contribution in [0.4, 0.5) is 0 Å². The molecule has 0 saturated carbocycles. The Bertz CT molecular complexity index is 560. The Balaban J connectivity index is 2.71. The molecule has 0 aromatic carbocycles. The minimum absolute atomic E-state index is 0.140. The van der Waals surface area contributed by atoms with Crippen molar-refractivity contribution in [1.82, 2.24) is 4.31 Å². The average molecular weight is 303 g/mol. The van der Waals surface area contributed by atoms with E-state index in [0.717, 1.165) is 16.5 Å². The molecule has 0 saturated heterocycles. The molecule has 0 radical (unpaired) electrons. The van der Waals surface area contributed by atoms with Gasteiger partial charge in [-0.15, -0.1) is 11.3 Å². The Hall–Kier alpha value is -1.18. The number of hydrogen-bond donors (Lipinski definition) is 1. The van der Waals surface area contributed by atoms with E-state index >= 15 is 0 Å². The first kappa shape index (κ1) is 15.9. The van der Waals surface area contributed by atoms with Crippen LogP contribution in [0, 0.1) is 0 Å². The lowest BCUT2D eigenvalue weighted by Crippen LogP contribution is -2.28. The van der Waals surface area contributed by atoms with Crippen molar-refractivity contribution in [3.8, 4) is 0 Å². The summed E-state index contributed by atoms with van der Waals surface area (Å²) >= 11 is 1.41. The van der Waals surface area contributed by atoms with Gasteiger partial charge in [0.25, 0.3) is 0 Å². The van der Waals surface area contributed by atoms with Crippen LogP contribution >= 0.6 is 11.3 Å². The molecule has 0 bridgehead atoms. The maximum Gasteiger partial charge on any atom is 0.328 e. The molecule has 0 amide bonds. The number of carbonyl (C=O) groups is 1. The Labute approximate surface area is 117 Å². The van der Waals surface area contributed by atoms with Gasteiger partial charge in [-0.2, -0.15) is 4.31 Å². The first-order valence-electron chi connectivity index (χ1n) is 5.77. The molecule has 1 rings (SSSR count). The summed E-state index contributed by atoms with van der Waals surface area (Å²) in [6, 6.07) is 1.79. The molecular formula is C12H17NO4S2. The molecule has 7 heteroatoms. The summed E-state index contributed by atoms with van der Waals surface area (Å²) in [6.07, 6.45) is 3.13. The summed E-state index contributed by atoms with van der Waals surface area (Å²) in [7, 11) is -1.64. The van der Waals surface area contributed by atoms with Crippen molar-refractivity contribution in [1.29, 1.82) is 0 Å². The Morgan fingerprint density at radius 3 is 2.79 bits per heavy atom. The average Bonchev–Trinajstić information content (AvgIpc) is 2.74. The predicted molar refractivity (Wildman–Crippen MR) is 76.5 cm³/mol. The SMILES string of the molecule is CCCS(=O)(=O)N(C)Cc1cc(C=CC(=O)O)cs1. The summed E-state index contributed by atoms with van der Waals surface area (Å²) < 4.78 is 24.9. The molecule has 1 N–H and O–H groups in total. The second kappa shape index (κ2) is 6.83. The third-order valence-corrected chi connectivity index (χ3v) is 5.35. The standard InChI is InChI=1S/C12H17NO4S2/c1-3-6-19(16,17)13(2)8-11-7-10(9-18-11)4-5-12(14)15/h4-5,7,9H,3,6,8H2,1-2H3,(H,14,15). The van der Waals surface area contributed by atoms with E-state index < -0.39 is 16.0 Å². The Kier molecular flexibility index (Phi) is 5.71. The maximum atomic E-state index is 11.8. The fourth-order valence-electron chi connectivity index (χ4n) is 1.47. The molecule has 5 nitrogen and oxygen atoms in total. The fourth-order valence-corrected chi connectivity index (χ4v) is 3.62.